The smallest absolute Gasteiger partial charge is 0.166 e. The van der Waals surface area contributed by atoms with Gasteiger partial charge in [-0.1, -0.05) is 12.7 Å². The molecule has 0 spiro atoms. The Kier molecular flexibility index (Phi) is 2.47. The van der Waals surface area contributed by atoms with Crippen molar-refractivity contribution in [2.75, 3.05) is 7.11 Å². The summed E-state index contributed by atoms with van der Waals surface area (Å²) in [5.41, 5.74) is 0.666. The minimum atomic E-state index is 0.156. The van der Waals surface area contributed by atoms with Gasteiger partial charge in [0.15, 0.2) is 5.78 Å². The molecule has 0 fully saturated rings. The van der Waals surface area contributed by atoms with Crippen molar-refractivity contribution in [3.8, 4) is 0 Å². The van der Waals surface area contributed by atoms with Gasteiger partial charge in [0, 0.05) is 12.8 Å². The van der Waals surface area contributed by atoms with E-state index < -0.39 is 0 Å². The molecule has 60 valence electrons. The summed E-state index contributed by atoms with van der Waals surface area (Å²) in [6, 6.07) is 0. The summed E-state index contributed by atoms with van der Waals surface area (Å²) >= 11 is 0. The minimum Gasteiger partial charge on any atom is -0.500 e. The van der Waals surface area contributed by atoms with Crippen LogP contribution in [0, 0.1) is 0 Å². The van der Waals surface area contributed by atoms with Crippen molar-refractivity contribution in [2.24, 2.45) is 0 Å². The van der Waals surface area contributed by atoms with E-state index in [4.69, 9.17) is 4.74 Å². The molecular weight excluding hydrogens is 140 g/mol. The predicted molar refractivity (Wildman–Crippen MR) is 43.1 cm³/mol. The van der Waals surface area contributed by atoms with Crippen molar-refractivity contribution in [1.82, 2.24) is 0 Å². The highest BCUT2D eigenvalue weighted by molar-refractivity contribution is 5.99. The second-order valence-corrected chi connectivity index (χ2v) is 2.52. The minimum absolute atomic E-state index is 0.156. The second kappa shape index (κ2) is 3.37. The highest BCUT2D eigenvalue weighted by Gasteiger charge is 2.17. The van der Waals surface area contributed by atoms with Crippen LogP contribution in [0.3, 0.4) is 0 Å². The third kappa shape index (κ3) is 1.50. The fourth-order valence-corrected chi connectivity index (χ4v) is 1.27. The van der Waals surface area contributed by atoms with Crippen LogP contribution in [0.1, 0.15) is 19.3 Å². The maximum Gasteiger partial charge on any atom is 0.166 e. The zero-order valence-electron chi connectivity index (χ0n) is 6.72. The van der Waals surface area contributed by atoms with Crippen LogP contribution < -0.4 is 0 Å². The summed E-state index contributed by atoms with van der Waals surface area (Å²) in [6.07, 6.45) is 3.98. The quantitative estimate of drug-likeness (QED) is 0.603. The third-order valence-corrected chi connectivity index (χ3v) is 1.86. The Morgan fingerprint density at radius 3 is 2.73 bits per heavy atom. The Bertz CT molecular complexity index is 214. The number of ether oxygens (including phenoxy) is 1. The number of carbonyl (C=O) groups excluding carboxylic acids is 1. The van der Waals surface area contributed by atoms with Gasteiger partial charge in [0.25, 0.3) is 0 Å². The first kappa shape index (κ1) is 8.05. The van der Waals surface area contributed by atoms with Crippen LogP contribution >= 0.6 is 0 Å². The first-order valence-electron chi connectivity index (χ1n) is 3.72. The standard InChI is InChI=1S/C9H12O2/c1-3-7-8(10)5-4-6-9(7)11-2/h3H,1,4-6H2,2H3. The molecule has 0 aromatic rings. The molecule has 0 aromatic carbocycles. The second-order valence-electron chi connectivity index (χ2n) is 2.52. The average Bonchev–Trinajstić information content (AvgIpc) is 2.04. The van der Waals surface area contributed by atoms with Gasteiger partial charge in [-0.25, -0.2) is 0 Å². The Labute approximate surface area is 66.5 Å². The lowest BCUT2D eigenvalue weighted by Gasteiger charge is -2.14. The molecule has 0 aromatic heterocycles. The van der Waals surface area contributed by atoms with Crippen molar-refractivity contribution in [3.05, 3.63) is 24.0 Å². The Morgan fingerprint density at radius 1 is 1.55 bits per heavy atom. The SMILES string of the molecule is C=CC1=C(OC)CCCC1=O. The molecular formula is C9H12O2. The van der Waals surface area contributed by atoms with E-state index in [1.165, 1.54) is 0 Å². The molecule has 0 atom stereocenters. The van der Waals surface area contributed by atoms with Crippen LogP contribution in [0.15, 0.2) is 24.0 Å². The summed E-state index contributed by atoms with van der Waals surface area (Å²) < 4.78 is 5.05. The highest BCUT2D eigenvalue weighted by atomic mass is 16.5. The first-order chi connectivity index (χ1) is 5.29. The van der Waals surface area contributed by atoms with E-state index in [1.54, 1.807) is 13.2 Å². The molecule has 0 aliphatic heterocycles. The van der Waals surface area contributed by atoms with Crippen LogP contribution in [0.25, 0.3) is 0 Å². The number of methoxy groups -OCH3 is 1. The van der Waals surface area contributed by atoms with Gasteiger partial charge in [-0.3, -0.25) is 4.79 Å². The van der Waals surface area contributed by atoms with Crippen LogP contribution in [-0.2, 0) is 9.53 Å². The van der Waals surface area contributed by atoms with Crippen LogP contribution in [0.2, 0.25) is 0 Å². The number of hydrogen-bond donors (Lipinski definition) is 0. The summed E-state index contributed by atoms with van der Waals surface area (Å²) in [5.74, 6) is 0.944. The monoisotopic (exact) mass is 152 g/mol. The van der Waals surface area contributed by atoms with Crippen LogP contribution in [0.4, 0.5) is 0 Å². The van der Waals surface area contributed by atoms with Gasteiger partial charge < -0.3 is 4.74 Å². The van der Waals surface area contributed by atoms with Gasteiger partial charge in [0.1, 0.15) is 5.76 Å². The topological polar surface area (TPSA) is 26.3 Å². The molecule has 11 heavy (non-hydrogen) atoms. The van der Waals surface area contributed by atoms with Crippen molar-refractivity contribution >= 4 is 5.78 Å². The largest absolute Gasteiger partial charge is 0.500 e. The fraction of sp³-hybridized carbons (Fsp3) is 0.444. The Hall–Kier alpha value is -1.05. The lowest BCUT2D eigenvalue weighted by atomic mass is 9.96. The Balaban J connectivity index is 2.94. The molecule has 0 amide bonds. The maximum absolute atomic E-state index is 11.2. The number of hydrogen-bond acceptors (Lipinski definition) is 2. The van der Waals surface area contributed by atoms with Crippen molar-refractivity contribution in [1.29, 1.82) is 0 Å². The summed E-state index contributed by atoms with van der Waals surface area (Å²) in [7, 11) is 1.59. The molecule has 2 nitrogen and oxygen atoms in total. The van der Waals surface area contributed by atoms with Crippen molar-refractivity contribution in [3.63, 3.8) is 0 Å². The number of allylic oxidation sites excluding steroid dienone is 3. The fourth-order valence-electron chi connectivity index (χ4n) is 1.27. The summed E-state index contributed by atoms with van der Waals surface area (Å²) in [4.78, 5) is 11.2. The lowest BCUT2D eigenvalue weighted by Crippen LogP contribution is -2.10. The van der Waals surface area contributed by atoms with Gasteiger partial charge in [0.2, 0.25) is 0 Å². The normalized spacial score (nSPS) is 18.5. The lowest BCUT2D eigenvalue weighted by molar-refractivity contribution is -0.116. The van der Waals surface area contributed by atoms with Crippen LogP contribution in [-0.4, -0.2) is 12.9 Å². The van der Waals surface area contributed by atoms with E-state index >= 15 is 0 Å². The maximum atomic E-state index is 11.2. The third-order valence-electron chi connectivity index (χ3n) is 1.86. The molecule has 0 saturated carbocycles. The first-order valence-corrected chi connectivity index (χ1v) is 3.72. The van der Waals surface area contributed by atoms with Crippen molar-refractivity contribution in [2.45, 2.75) is 19.3 Å². The van der Waals surface area contributed by atoms with E-state index in [9.17, 15) is 4.79 Å². The van der Waals surface area contributed by atoms with Gasteiger partial charge in [-0.2, -0.15) is 0 Å². The van der Waals surface area contributed by atoms with E-state index in [0.717, 1.165) is 18.6 Å². The Morgan fingerprint density at radius 2 is 2.27 bits per heavy atom. The molecule has 0 saturated heterocycles. The molecule has 1 aliphatic rings. The number of rotatable bonds is 2. The van der Waals surface area contributed by atoms with Gasteiger partial charge in [-0.05, 0) is 6.42 Å². The predicted octanol–water partition coefficient (Wildman–Crippen LogP) is 1.83. The van der Waals surface area contributed by atoms with Gasteiger partial charge >= 0.3 is 0 Å². The molecule has 2 heteroatoms. The van der Waals surface area contributed by atoms with Crippen LogP contribution in [0.5, 0.6) is 0 Å². The zero-order valence-corrected chi connectivity index (χ0v) is 6.72. The number of Topliss-reactive ketones (excluding diaryl/α,β-unsaturated/α-hetero) is 1. The average molecular weight is 152 g/mol. The molecule has 0 bridgehead atoms. The van der Waals surface area contributed by atoms with E-state index in [1.807, 2.05) is 0 Å². The zero-order chi connectivity index (χ0) is 8.27. The molecule has 0 unspecified atom stereocenters. The molecule has 0 N–H and O–H groups in total. The molecule has 0 radical (unpaired) electrons. The van der Waals surface area contributed by atoms with Gasteiger partial charge in [0.05, 0.1) is 12.7 Å². The molecule has 0 heterocycles. The molecule has 1 aliphatic carbocycles. The van der Waals surface area contributed by atoms with Crippen molar-refractivity contribution < 1.29 is 9.53 Å². The van der Waals surface area contributed by atoms with E-state index in [0.29, 0.717) is 12.0 Å². The molecule has 1 rings (SSSR count). The summed E-state index contributed by atoms with van der Waals surface area (Å²) in [5, 5.41) is 0. The summed E-state index contributed by atoms with van der Waals surface area (Å²) in [6.45, 7) is 3.57. The highest BCUT2D eigenvalue weighted by Crippen LogP contribution is 2.22. The number of ketones is 1. The van der Waals surface area contributed by atoms with E-state index in [-0.39, 0.29) is 5.78 Å². The van der Waals surface area contributed by atoms with Gasteiger partial charge in [-0.15, -0.1) is 0 Å². The number of carbonyl (C=O) groups is 1. The van der Waals surface area contributed by atoms with E-state index in [2.05, 4.69) is 6.58 Å².